The van der Waals surface area contributed by atoms with Crippen molar-refractivity contribution >= 4 is 34.8 Å². The molecule has 0 aromatic heterocycles. The van der Waals surface area contributed by atoms with E-state index in [0.717, 1.165) is 23.4 Å². The lowest BCUT2D eigenvalue weighted by atomic mass is 10.1. The van der Waals surface area contributed by atoms with Crippen LogP contribution in [0.15, 0.2) is 36.4 Å². The van der Waals surface area contributed by atoms with E-state index in [0.29, 0.717) is 22.4 Å². The minimum absolute atomic E-state index is 0.255. The van der Waals surface area contributed by atoms with Gasteiger partial charge in [0, 0.05) is 17.1 Å². The first-order valence-electron chi connectivity index (χ1n) is 7.21. The first kappa shape index (κ1) is 16.0. The minimum Gasteiger partial charge on any atom is -0.493 e. The summed E-state index contributed by atoms with van der Waals surface area (Å²) in [5, 5.41) is 3.72. The molecule has 4 nitrogen and oxygen atoms in total. The Labute approximate surface area is 144 Å². The molecule has 0 fully saturated rings. The van der Waals surface area contributed by atoms with Crippen LogP contribution in [0.25, 0.3) is 0 Å². The Morgan fingerprint density at radius 2 is 2.09 bits per heavy atom. The Balaban J connectivity index is 1.65. The van der Waals surface area contributed by atoms with Crippen LogP contribution in [-0.4, -0.2) is 18.6 Å². The molecule has 1 aliphatic heterocycles. The molecule has 23 heavy (non-hydrogen) atoms. The third-order valence-corrected chi connectivity index (χ3v) is 4.05. The molecule has 2 aromatic carbocycles. The molecule has 120 valence electrons. The summed E-state index contributed by atoms with van der Waals surface area (Å²) in [5.41, 5.74) is 1.81. The normalized spacial score (nSPS) is 13.9. The van der Waals surface area contributed by atoms with Crippen LogP contribution in [-0.2, 0) is 11.2 Å². The summed E-state index contributed by atoms with van der Waals surface area (Å²) in [4.78, 5) is 12.3. The van der Waals surface area contributed by atoms with Crippen LogP contribution in [0.3, 0.4) is 0 Å². The van der Waals surface area contributed by atoms with Crippen molar-refractivity contribution in [2.24, 2.45) is 0 Å². The molecule has 3 rings (SSSR count). The lowest BCUT2D eigenvalue weighted by Crippen LogP contribution is -2.30. The van der Waals surface area contributed by atoms with E-state index in [1.807, 2.05) is 18.2 Å². The van der Waals surface area contributed by atoms with E-state index < -0.39 is 6.10 Å². The lowest BCUT2D eigenvalue weighted by molar-refractivity contribution is -0.122. The molecule has 0 spiro atoms. The molecule has 1 heterocycles. The first-order valence-corrected chi connectivity index (χ1v) is 7.97. The zero-order valence-corrected chi connectivity index (χ0v) is 13.9. The predicted molar refractivity (Wildman–Crippen MR) is 90.8 cm³/mol. The molecular formula is C17H15Cl2NO3. The van der Waals surface area contributed by atoms with E-state index in [-0.39, 0.29) is 5.91 Å². The molecule has 0 bridgehead atoms. The van der Waals surface area contributed by atoms with Gasteiger partial charge in [-0.2, -0.15) is 0 Å². The van der Waals surface area contributed by atoms with Crippen molar-refractivity contribution in [3.05, 3.63) is 52.0 Å². The van der Waals surface area contributed by atoms with Gasteiger partial charge in [0.15, 0.2) is 6.10 Å². The summed E-state index contributed by atoms with van der Waals surface area (Å²) in [6, 6.07) is 10.5. The van der Waals surface area contributed by atoms with Crippen molar-refractivity contribution in [3.63, 3.8) is 0 Å². The number of halogens is 2. The summed E-state index contributed by atoms with van der Waals surface area (Å²) < 4.78 is 11.0. The minimum atomic E-state index is -0.696. The number of rotatable bonds is 4. The van der Waals surface area contributed by atoms with Crippen molar-refractivity contribution in [2.75, 3.05) is 11.9 Å². The zero-order chi connectivity index (χ0) is 16.4. The van der Waals surface area contributed by atoms with Crippen molar-refractivity contribution in [2.45, 2.75) is 19.4 Å². The number of benzene rings is 2. The Morgan fingerprint density at radius 3 is 2.87 bits per heavy atom. The number of ether oxygens (including phenoxy) is 2. The first-order chi connectivity index (χ1) is 11.0. The van der Waals surface area contributed by atoms with Gasteiger partial charge in [-0.1, -0.05) is 23.2 Å². The summed E-state index contributed by atoms with van der Waals surface area (Å²) in [6.45, 7) is 2.35. The molecule has 2 aromatic rings. The van der Waals surface area contributed by atoms with Gasteiger partial charge in [0.05, 0.1) is 11.6 Å². The largest absolute Gasteiger partial charge is 0.493 e. The van der Waals surface area contributed by atoms with Gasteiger partial charge in [-0.05, 0) is 48.9 Å². The van der Waals surface area contributed by atoms with Crippen LogP contribution in [0.5, 0.6) is 11.5 Å². The number of nitrogens with one attached hydrogen (secondary N) is 1. The molecule has 1 atom stereocenters. The third kappa shape index (κ3) is 3.71. The molecule has 1 amide bonds. The monoisotopic (exact) mass is 351 g/mol. The van der Waals surface area contributed by atoms with Gasteiger partial charge >= 0.3 is 0 Å². The highest BCUT2D eigenvalue weighted by atomic mass is 35.5. The molecule has 0 saturated heterocycles. The zero-order valence-electron chi connectivity index (χ0n) is 12.4. The van der Waals surface area contributed by atoms with Crippen LogP contribution in [0, 0.1) is 0 Å². The summed E-state index contributed by atoms with van der Waals surface area (Å²) in [5.74, 6) is 1.04. The van der Waals surface area contributed by atoms with E-state index in [4.69, 9.17) is 32.7 Å². The van der Waals surface area contributed by atoms with Crippen molar-refractivity contribution in [1.82, 2.24) is 0 Å². The smallest absolute Gasteiger partial charge is 0.265 e. The maximum Gasteiger partial charge on any atom is 0.265 e. The highest BCUT2D eigenvalue weighted by Gasteiger charge is 2.18. The second-order valence-electron chi connectivity index (χ2n) is 5.25. The summed E-state index contributed by atoms with van der Waals surface area (Å²) in [7, 11) is 0. The number of hydrogen-bond donors (Lipinski definition) is 1. The highest BCUT2D eigenvalue weighted by molar-refractivity contribution is 6.35. The van der Waals surface area contributed by atoms with Crippen molar-refractivity contribution in [3.8, 4) is 11.5 Å². The number of hydrogen-bond acceptors (Lipinski definition) is 3. The molecule has 1 N–H and O–H groups in total. The standard InChI is InChI=1S/C17H15Cl2NO3/c1-10(23-16-4-2-12(18)9-14(16)19)17(21)20-13-3-5-15-11(8-13)6-7-22-15/h2-5,8-10H,6-7H2,1H3,(H,20,21)/t10-/m0/s1. The van der Waals surface area contributed by atoms with Crippen LogP contribution >= 0.6 is 23.2 Å². The van der Waals surface area contributed by atoms with Gasteiger partial charge < -0.3 is 14.8 Å². The van der Waals surface area contributed by atoms with Crippen molar-refractivity contribution < 1.29 is 14.3 Å². The highest BCUT2D eigenvalue weighted by Crippen LogP contribution is 2.29. The van der Waals surface area contributed by atoms with Crippen LogP contribution in [0.1, 0.15) is 12.5 Å². The quantitative estimate of drug-likeness (QED) is 0.891. The van der Waals surface area contributed by atoms with E-state index >= 15 is 0 Å². The number of anilines is 1. The number of carbonyl (C=O) groups excluding carboxylic acids is 1. The fraction of sp³-hybridized carbons (Fsp3) is 0.235. The number of fused-ring (bicyclic) bond motifs is 1. The lowest BCUT2D eigenvalue weighted by Gasteiger charge is -2.16. The molecular weight excluding hydrogens is 337 g/mol. The fourth-order valence-corrected chi connectivity index (χ4v) is 2.78. The molecule has 0 unspecified atom stereocenters. The summed E-state index contributed by atoms with van der Waals surface area (Å²) in [6.07, 6.45) is 0.157. The average Bonchev–Trinajstić information content (AvgIpc) is 2.97. The maximum atomic E-state index is 12.3. The van der Waals surface area contributed by atoms with E-state index in [9.17, 15) is 4.79 Å². The molecule has 0 radical (unpaired) electrons. The molecule has 6 heteroatoms. The Morgan fingerprint density at radius 1 is 1.26 bits per heavy atom. The third-order valence-electron chi connectivity index (χ3n) is 3.52. The Hall–Kier alpha value is -1.91. The second-order valence-corrected chi connectivity index (χ2v) is 6.09. The Kier molecular flexibility index (Phi) is 4.64. The van der Waals surface area contributed by atoms with Crippen LogP contribution in [0.2, 0.25) is 10.0 Å². The SMILES string of the molecule is C[C@H](Oc1ccc(Cl)cc1Cl)C(=O)Nc1ccc2c(c1)CCO2. The van der Waals surface area contributed by atoms with Gasteiger partial charge in [-0.15, -0.1) is 0 Å². The molecule has 0 aliphatic carbocycles. The maximum absolute atomic E-state index is 12.3. The summed E-state index contributed by atoms with van der Waals surface area (Å²) >= 11 is 11.9. The van der Waals surface area contributed by atoms with Crippen LogP contribution in [0.4, 0.5) is 5.69 Å². The van der Waals surface area contributed by atoms with Crippen molar-refractivity contribution in [1.29, 1.82) is 0 Å². The average molecular weight is 352 g/mol. The molecule has 0 saturated carbocycles. The van der Waals surface area contributed by atoms with Gasteiger partial charge in [0.1, 0.15) is 11.5 Å². The van der Waals surface area contributed by atoms with Gasteiger partial charge in [0.25, 0.3) is 5.91 Å². The number of carbonyl (C=O) groups is 1. The molecule has 1 aliphatic rings. The van der Waals surface area contributed by atoms with Gasteiger partial charge in [0.2, 0.25) is 0 Å². The topological polar surface area (TPSA) is 47.6 Å². The fourth-order valence-electron chi connectivity index (χ4n) is 2.32. The van der Waals surface area contributed by atoms with Crippen LogP contribution < -0.4 is 14.8 Å². The van der Waals surface area contributed by atoms with E-state index in [1.54, 1.807) is 25.1 Å². The van der Waals surface area contributed by atoms with E-state index in [2.05, 4.69) is 5.32 Å². The van der Waals surface area contributed by atoms with Gasteiger partial charge in [-0.3, -0.25) is 4.79 Å². The van der Waals surface area contributed by atoms with E-state index in [1.165, 1.54) is 0 Å². The number of amides is 1. The van der Waals surface area contributed by atoms with Gasteiger partial charge in [-0.25, -0.2) is 0 Å². The second kappa shape index (κ2) is 6.69. The Bertz CT molecular complexity index is 749. The predicted octanol–water partition coefficient (Wildman–Crippen LogP) is 4.33.